The molecule has 8 nitrogen and oxygen atoms in total. The summed E-state index contributed by atoms with van der Waals surface area (Å²) in [6.45, 7) is 2.55. The van der Waals surface area contributed by atoms with Crippen LogP contribution in [0.3, 0.4) is 0 Å². The van der Waals surface area contributed by atoms with E-state index in [4.69, 9.17) is 4.74 Å². The van der Waals surface area contributed by atoms with Gasteiger partial charge >= 0.3 is 12.2 Å². The first-order chi connectivity index (χ1) is 20.6. The number of ketones is 1. The molecule has 43 heavy (non-hydrogen) atoms. The summed E-state index contributed by atoms with van der Waals surface area (Å²) in [6, 6.07) is 9.82. The van der Waals surface area contributed by atoms with Crippen LogP contribution in [0, 0.1) is 17.8 Å². The number of benzene rings is 2. The van der Waals surface area contributed by atoms with Crippen LogP contribution in [0.25, 0.3) is 0 Å². The molecule has 2 aromatic carbocycles. The lowest BCUT2D eigenvalue weighted by Gasteiger charge is -2.33. The highest BCUT2D eigenvalue weighted by atomic mass is 19.3. The molecule has 0 spiro atoms. The van der Waals surface area contributed by atoms with Gasteiger partial charge in [0.1, 0.15) is 6.61 Å². The summed E-state index contributed by atoms with van der Waals surface area (Å²) < 4.78 is 36.3. The van der Waals surface area contributed by atoms with Gasteiger partial charge in [-0.15, -0.1) is 0 Å². The number of hydrogen-bond donors (Lipinski definition) is 2. The number of anilines is 1. The Morgan fingerprint density at radius 2 is 1.84 bits per heavy atom. The number of nitrogens with one attached hydrogen (secondary N) is 1. The molecule has 2 aliphatic heterocycles. The lowest BCUT2D eigenvalue weighted by Crippen LogP contribution is -2.39. The zero-order valence-electron chi connectivity index (χ0n) is 24.7. The molecule has 1 amide bonds. The van der Waals surface area contributed by atoms with Crippen LogP contribution >= 0.6 is 0 Å². The number of carbonyl (C=O) groups is 2. The molecule has 5 rings (SSSR count). The minimum absolute atomic E-state index is 0.0528. The van der Waals surface area contributed by atoms with Crippen molar-refractivity contribution in [1.82, 2.24) is 4.90 Å². The van der Waals surface area contributed by atoms with Crippen molar-refractivity contribution in [2.75, 3.05) is 25.0 Å². The van der Waals surface area contributed by atoms with Crippen LogP contribution in [0.5, 0.6) is 11.5 Å². The van der Waals surface area contributed by atoms with E-state index < -0.39 is 18.0 Å². The second kappa shape index (κ2) is 13.7. The Labute approximate surface area is 251 Å². The van der Waals surface area contributed by atoms with Crippen LogP contribution in [-0.4, -0.2) is 53.8 Å². The Kier molecular flexibility index (Phi) is 9.82. The lowest BCUT2D eigenvalue weighted by molar-refractivity contribution is -0.159. The van der Waals surface area contributed by atoms with E-state index in [1.54, 1.807) is 4.90 Å². The number of ether oxygens (including phenoxy) is 2. The highest BCUT2D eigenvalue weighted by Gasteiger charge is 2.30. The Bertz CT molecular complexity index is 1320. The number of likely N-dealkylation sites (tertiary alicyclic amines) is 1. The standard InChI is InChI=1S/C33H41F2N3O5/c1-33(34,35)43-30-19-24(7-11-29(30)39)21-42-32(41)38-16-12-23(13-17-38)18-22-4-2-5-25(8-6-22)31(40)26-9-10-27-28(20-26)37-15-3-14-36-27/h7,9-11,15,19-20,22-23,25,36,39H,2-6,8,12-14,16-18,21H2,1H3. The molecule has 2 heterocycles. The van der Waals surface area contributed by atoms with Gasteiger partial charge in [0.15, 0.2) is 17.3 Å². The number of alkyl halides is 2. The quantitative estimate of drug-likeness (QED) is 0.239. The number of piperidine rings is 1. The second-order valence-corrected chi connectivity index (χ2v) is 12.1. The molecule has 3 aliphatic rings. The van der Waals surface area contributed by atoms with Gasteiger partial charge in [0.2, 0.25) is 0 Å². The molecule has 1 aliphatic carbocycles. The molecule has 2 N–H and O–H groups in total. The minimum atomic E-state index is -3.44. The van der Waals surface area contributed by atoms with Crippen molar-refractivity contribution in [3.63, 3.8) is 0 Å². The van der Waals surface area contributed by atoms with Crippen LogP contribution in [-0.2, 0) is 11.3 Å². The minimum Gasteiger partial charge on any atom is -0.504 e. The molecule has 1 saturated carbocycles. The number of Topliss-reactive ketones (excluding diaryl/α,β-unsaturated/α-hetero) is 1. The van der Waals surface area contributed by atoms with Gasteiger partial charge < -0.3 is 24.8 Å². The van der Waals surface area contributed by atoms with Crippen LogP contribution in [0.2, 0.25) is 0 Å². The summed E-state index contributed by atoms with van der Waals surface area (Å²) in [7, 11) is 0. The second-order valence-electron chi connectivity index (χ2n) is 12.1. The number of carbonyl (C=O) groups excluding carboxylic acids is 2. The highest BCUT2D eigenvalue weighted by Crippen LogP contribution is 2.37. The van der Waals surface area contributed by atoms with Gasteiger partial charge in [0, 0.05) is 50.7 Å². The van der Waals surface area contributed by atoms with Crippen molar-refractivity contribution in [3.05, 3.63) is 47.5 Å². The third kappa shape index (κ3) is 8.45. The smallest absolute Gasteiger partial charge is 0.410 e. The number of phenolic OH excluding ortho intramolecular Hbond substituents is 1. The number of rotatable bonds is 8. The summed E-state index contributed by atoms with van der Waals surface area (Å²) in [5.41, 5.74) is 3.02. The predicted molar refractivity (Wildman–Crippen MR) is 161 cm³/mol. The fourth-order valence-electron chi connectivity index (χ4n) is 6.47. The number of fused-ring (bicyclic) bond motifs is 1. The molecular formula is C33H41F2N3O5. The molecule has 2 aromatic rings. The zero-order valence-corrected chi connectivity index (χ0v) is 24.7. The van der Waals surface area contributed by atoms with Crippen molar-refractivity contribution in [2.24, 2.45) is 22.7 Å². The summed E-state index contributed by atoms with van der Waals surface area (Å²) in [5.74, 6) is 0.628. The molecule has 0 radical (unpaired) electrons. The Balaban J connectivity index is 1.05. The fourth-order valence-corrected chi connectivity index (χ4v) is 6.47. The van der Waals surface area contributed by atoms with E-state index in [1.807, 2.05) is 24.4 Å². The molecule has 1 saturated heterocycles. The van der Waals surface area contributed by atoms with Gasteiger partial charge in [0.05, 0.1) is 11.4 Å². The molecule has 0 aromatic heterocycles. The van der Waals surface area contributed by atoms with Gasteiger partial charge in [-0.25, -0.2) is 4.79 Å². The monoisotopic (exact) mass is 597 g/mol. The van der Waals surface area contributed by atoms with Crippen molar-refractivity contribution in [2.45, 2.75) is 77.4 Å². The van der Waals surface area contributed by atoms with Crippen LogP contribution in [0.15, 0.2) is 41.4 Å². The van der Waals surface area contributed by atoms with E-state index in [9.17, 15) is 23.5 Å². The highest BCUT2D eigenvalue weighted by molar-refractivity contribution is 5.99. The van der Waals surface area contributed by atoms with Crippen molar-refractivity contribution in [3.8, 4) is 11.5 Å². The first-order valence-corrected chi connectivity index (χ1v) is 15.4. The largest absolute Gasteiger partial charge is 0.504 e. The van der Waals surface area contributed by atoms with E-state index in [0.29, 0.717) is 37.4 Å². The Morgan fingerprint density at radius 3 is 2.63 bits per heavy atom. The number of halogens is 2. The number of phenols is 1. The first kappa shape index (κ1) is 30.8. The maximum Gasteiger partial charge on any atom is 0.410 e. The van der Waals surface area contributed by atoms with Crippen LogP contribution in [0.1, 0.15) is 80.6 Å². The van der Waals surface area contributed by atoms with Crippen molar-refractivity contribution >= 4 is 29.5 Å². The van der Waals surface area contributed by atoms with E-state index >= 15 is 0 Å². The van der Waals surface area contributed by atoms with Crippen molar-refractivity contribution in [1.29, 1.82) is 0 Å². The van der Waals surface area contributed by atoms with E-state index in [-0.39, 0.29) is 24.1 Å². The van der Waals surface area contributed by atoms with Gasteiger partial charge in [-0.05, 0) is 86.3 Å². The molecule has 0 bridgehead atoms. The van der Waals surface area contributed by atoms with Gasteiger partial charge in [-0.1, -0.05) is 18.9 Å². The fraction of sp³-hybridized carbons (Fsp3) is 0.545. The maximum atomic E-state index is 13.4. The normalized spacial score (nSPS) is 21.2. The summed E-state index contributed by atoms with van der Waals surface area (Å²) >= 11 is 0. The molecule has 10 heteroatoms. The number of nitrogens with zero attached hydrogens (tertiary/aromatic N) is 2. The summed E-state index contributed by atoms with van der Waals surface area (Å²) in [5, 5.41) is 13.1. The van der Waals surface area contributed by atoms with Crippen LogP contribution < -0.4 is 10.1 Å². The molecule has 232 valence electrons. The first-order valence-electron chi connectivity index (χ1n) is 15.4. The van der Waals surface area contributed by atoms with E-state index in [2.05, 4.69) is 15.0 Å². The van der Waals surface area contributed by atoms with Gasteiger partial charge in [-0.2, -0.15) is 8.78 Å². The average molecular weight is 598 g/mol. The average Bonchev–Trinajstić information content (AvgIpc) is 3.37. The van der Waals surface area contributed by atoms with Crippen LogP contribution in [0.4, 0.5) is 25.0 Å². The zero-order chi connectivity index (χ0) is 30.4. The maximum absolute atomic E-state index is 13.4. The number of aromatic hydroxyl groups is 1. The van der Waals surface area contributed by atoms with E-state index in [1.165, 1.54) is 18.2 Å². The molecule has 2 atom stereocenters. The number of hydrogen-bond acceptors (Lipinski definition) is 7. The SMILES string of the molecule is CC(F)(F)Oc1cc(COC(=O)N2CCC(CC3CCCC(C(=O)c4ccc5c(c4)N=CCCN5)CC3)CC2)ccc1O. The number of aliphatic imine (C=N–C) groups is 1. The predicted octanol–water partition coefficient (Wildman–Crippen LogP) is 7.72. The summed E-state index contributed by atoms with van der Waals surface area (Å²) in [4.78, 5) is 32.3. The molecule has 2 unspecified atom stereocenters. The third-order valence-corrected chi connectivity index (χ3v) is 8.78. The Hall–Kier alpha value is -3.69. The molecular weight excluding hydrogens is 556 g/mol. The number of amides is 1. The lowest BCUT2D eigenvalue weighted by atomic mass is 9.83. The topological polar surface area (TPSA) is 100 Å². The van der Waals surface area contributed by atoms with E-state index in [0.717, 1.165) is 81.3 Å². The summed E-state index contributed by atoms with van der Waals surface area (Å²) in [6.07, 6.45) is 6.88. The molecule has 2 fully saturated rings. The third-order valence-electron chi connectivity index (χ3n) is 8.78. The van der Waals surface area contributed by atoms with Gasteiger partial charge in [0.25, 0.3) is 0 Å². The Morgan fingerprint density at radius 1 is 1.05 bits per heavy atom. The van der Waals surface area contributed by atoms with Crippen molar-refractivity contribution < 1.29 is 33.0 Å². The van der Waals surface area contributed by atoms with Gasteiger partial charge in [-0.3, -0.25) is 9.79 Å².